The number of urea groups is 1. The molecule has 24 heavy (non-hydrogen) atoms. The molecule has 1 atom stereocenters. The van der Waals surface area contributed by atoms with Crippen molar-refractivity contribution in [2.24, 2.45) is 11.8 Å². The van der Waals surface area contributed by atoms with Crippen LogP contribution in [0.5, 0.6) is 0 Å². The van der Waals surface area contributed by atoms with Crippen molar-refractivity contribution >= 4 is 17.1 Å². The third-order valence-corrected chi connectivity index (χ3v) is 5.13. The summed E-state index contributed by atoms with van der Waals surface area (Å²) in [7, 11) is 0. The van der Waals surface area contributed by atoms with Gasteiger partial charge in [0.1, 0.15) is 5.82 Å². The Bertz CT molecular complexity index is 669. The quantitative estimate of drug-likeness (QED) is 0.827. The van der Waals surface area contributed by atoms with Gasteiger partial charge in [-0.1, -0.05) is 12.1 Å². The van der Waals surface area contributed by atoms with Crippen LogP contribution in [0.25, 0.3) is 11.0 Å². The number of aryl methyl sites for hydroxylation is 1. The number of aromatic amines is 1. The molecule has 2 aliphatic rings. The smallest absolute Gasteiger partial charge is 0.317 e. The van der Waals surface area contributed by atoms with Crippen LogP contribution >= 0.6 is 0 Å². The van der Waals surface area contributed by atoms with Crippen LogP contribution in [0.15, 0.2) is 24.3 Å². The molecule has 1 unspecified atom stereocenters. The molecule has 6 nitrogen and oxygen atoms in total. The van der Waals surface area contributed by atoms with E-state index in [1.807, 2.05) is 29.2 Å². The molecule has 6 heteroatoms. The van der Waals surface area contributed by atoms with E-state index in [2.05, 4.69) is 15.3 Å². The van der Waals surface area contributed by atoms with Crippen molar-refractivity contribution in [2.45, 2.75) is 19.3 Å². The maximum atomic E-state index is 12.1. The van der Waals surface area contributed by atoms with Crippen LogP contribution in [0.4, 0.5) is 4.79 Å². The van der Waals surface area contributed by atoms with Crippen LogP contribution in [0.3, 0.4) is 0 Å². The zero-order valence-electron chi connectivity index (χ0n) is 13.8. The van der Waals surface area contributed by atoms with Crippen LogP contribution < -0.4 is 5.32 Å². The number of imidazole rings is 1. The van der Waals surface area contributed by atoms with Crippen molar-refractivity contribution in [3.63, 3.8) is 0 Å². The Morgan fingerprint density at radius 2 is 2.21 bits per heavy atom. The minimum atomic E-state index is 0.0646. The summed E-state index contributed by atoms with van der Waals surface area (Å²) in [4.78, 5) is 21.9. The number of nitrogens with one attached hydrogen (secondary N) is 2. The lowest BCUT2D eigenvalue weighted by atomic mass is 9.85. The van der Waals surface area contributed by atoms with E-state index < -0.39 is 0 Å². The highest BCUT2D eigenvalue weighted by molar-refractivity contribution is 5.75. The van der Waals surface area contributed by atoms with Crippen LogP contribution in [0, 0.1) is 11.8 Å². The number of nitrogens with zero attached hydrogens (tertiary/aromatic N) is 2. The summed E-state index contributed by atoms with van der Waals surface area (Å²) in [5.74, 6) is 2.27. The Hall–Kier alpha value is -2.08. The van der Waals surface area contributed by atoms with Gasteiger partial charge in [-0.25, -0.2) is 9.78 Å². The minimum Gasteiger partial charge on any atom is -0.381 e. The van der Waals surface area contributed by atoms with E-state index in [0.717, 1.165) is 62.4 Å². The number of hydrogen-bond acceptors (Lipinski definition) is 3. The first-order valence-corrected chi connectivity index (χ1v) is 8.84. The predicted molar refractivity (Wildman–Crippen MR) is 91.8 cm³/mol. The third-order valence-electron chi connectivity index (χ3n) is 5.13. The molecule has 2 saturated heterocycles. The number of likely N-dealkylation sites (tertiary alicyclic amines) is 1. The summed E-state index contributed by atoms with van der Waals surface area (Å²) >= 11 is 0. The van der Waals surface area contributed by atoms with Gasteiger partial charge in [0.25, 0.3) is 0 Å². The molecule has 2 amide bonds. The van der Waals surface area contributed by atoms with E-state index in [0.29, 0.717) is 18.4 Å². The highest BCUT2D eigenvalue weighted by atomic mass is 16.5. The highest BCUT2D eigenvalue weighted by Crippen LogP contribution is 2.29. The molecule has 2 aromatic rings. The van der Waals surface area contributed by atoms with E-state index in [1.54, 1.807) is 0 Å². The van der Waals surface area contributed by atoms with Crippen molar-refractivity contribution in [1.29, 1.82) is 0 Å². The van der Waals surface area contributed by atoms with E-state index in [1.165, 1.54) is 0 Å². The van der Waals surface area contributed by atoms with Crippen LogP contribution in [0.2, 0.25) is 0 Å². The Balaban J connectivity index is 1.16. The van der Waals surface area contributed by atoms with Gasteiger partial charge in [0.05, 0.1) is 11.0 Å². The molecule has 0 radical (unpaired) electrons. The molecule has 2 aliphatic heterocycles. The molecule has 3 heterocycles. The number of para-hydroxylation sites is 2. The number of aromatic nitrogens is 2. The van der Waals surface area contributed by atoms with Crippen molar-refractivity contribution < 1.29 is 9.53 Å². The minimum absolute atomic E-state index is 0.0646. The summed E-state index contributed by atoms with van der Waals surface area (Å²) in [6, 6.07) is 8.10. The zero-order chi connectivity index (χ0) is 16.4. The molecular formula is C18H24N4O2. The van der Waals surface area contributed by atoms with Gasteiger partial charge in [-0.3, -0.25) is 0 Å². The number of H-pyrrole nitrogens is 1. The molecule has 1 aromatic heterocycles. The Kier molecular flexibility index (Phi) is 4.38. The first-order valence-electron chi connectivity index (χ1n) is 8.84. The summed E-state index contributed by atoms with van der Waals surface area (Å²) in [5, 5.41) is 3.01. The SMILES string of the molecule is O=C(NCCCc1nc2ccccc2[nH]1)N1CC(C2CCOC2)C1. The first kappa shape index (κ1) is 15.4. The van der Waals surface area contributed by atoms with Gasteiger partial charge in [0, 0.05) is 39.3 Å². The molecule has 2 N–H and O–H groups in total. The summed E-state index contributed by atoms with van der Waals surface area (Å²) in [5.41, 5.74) is 2.07. The number of hydrogen-bond donors (Lipinski definition) is 2. The van der Waals surface area contributed by atoms with Crippen LogP contribution in [-0.2, 0) is 11.2 Å². The zero-order valence-corrected chi connectivity index (χ0v) is 13.8. The Morgan fingerprint density at radius 3 is 3.00 bits per heavy atom. The number of rotatable bonds is 5. The second-order valence-corrected chi connectivity index (χ2v) is 6.82. The van der Waals surface area contributed by atoms with Crippen LogP contribution in [0.1, 0.15) is 18.7 Å². The van der Waals surface area contributed by atoms with Gasteiger partial charge in [0.2, 0.25) is 0 Å². The standard InChI is InChI=1S/C18H24N4O2/c23-18(22-10-14(11-22)13-7-9-24-12-13)19-8-3-6-17-20-15-4-1-2-5-16(15)21-17/h1-2,4-5,13-14H,3,6-12H2,(H,19,23)(H,20,21). The molecule has 2 fully saturated rings. The molecule has 4 rings (SSSR count). The molecule has 0 bridgehead atoms. The second kappa shape index (κ2) is 6.81. The lowest BCUT2D eigenvalue weighted by Gasteiger charge is -2.41. The fraction of sp³-hybridized carbons (Fsp3) is 0.556. The second-order valence-electron chi connectivity index (χ2n) is 6.82. The average Bonchev–Trinajstić information content (AvgIpc) is 3.19. The summed E-state index contributed by atoms with van der Waals surface area (Å²) in [6.07, 6.45) is 2.88. The van der Waals surface area contributed by atoms with Gasteiger partial charge < -0.3 is 19.9 Å². The monoisotopic (exact) mass is 328 g/mol. The highest BCUT2D eigenvalue weighted by Gasteiger charge is 2.37. The van der Waals surface area contributed by atoms with E-state index >= 15 is 0 Å². The number of ether oxygens (including phenoxy) is 1. The largest absolute Gasteiger partial charge is 0.381 e. The van der Waals surface area contributed by atoms with Crippen molar-refractivity contribution in [3.05, 3.63) is 30.1 Å². The average molecular weight is 328 g/mol. The van der Waals surface area contributed by atoms with Gasteiger partial charge in [-0.2, -0.15) is 0 Å². The number of carbonyl (C=O) groups is 1. The van der Waals surface area contributed by atoms with Crippen molar-refractivity contribution in [1.82, 2.24) is 20.2 Å². The Morgan fingerprint density at radius 1 is 1.33 bits per heavy atom. The number of carbonyl (C=O) groups excluding carboxylic acids is 1. The number of amides is 2. The lowest BCUT2D eigenvalue weighted by molar-refractivity contribution is 0.0746. The molecule has 0 spiro atoms. The summed E-state index contributed by atoms with van der Waals surface area (Å²) < 4.78 is 5.42. The molecule has 0 saturated carbocycles. The van der Waals surface area contributed by atoms with E-state index in [-0.39, 0.29) is 6.03 Å². The first-order chi connectivity index (χ1) is 11.8. The van der Waals surface area contributed by atoms with Gasteiger partial charge >= 0.3 is 6.03 Å². The maximum Gasteiger partial charge on any atom is 0.317 e. The fourth-order valence-corrected chi connectivity index (χ4v) is 3.59. The van der Waals surface area contributed by atoms with Gasteiger partial charge in [-0.15, -0.1) is 0 Å². The van der Waals surface area contributed by atoms with E-state index in [9.17, 15) is 4.79 Å². The molecular weight excluding hydrogens is 304 g/mol. The Labute approximate surface area is 141 Å². The van der Waals surface area contributed by atoms with Gasteiger partial charge in [-0.05, 0) is 36.8 Å². The van der Waals surface area contributed by atoms with Crippen molar-refractivity contribution in [3.8, 4) is 0 Å². The normalized spacial score (nSPS) is 21.2. The molecule has 0 aliphatic carbocycles. The third kappa shape index (κ3) is 3.24. The van der Waals surface area contributed by atoms with Gasteiger partial charge in [0.15, 0.2) is 0 Å². The topological polar surface area (TPSA) is 70.2 Å². The molecule has 128 valence electrons. The van der Waals surface area contributed by atoms with E-state index in [4.69, 9.17) is 4.74 Å². The summed E-state index contributed by atoms with van der Waals surface area (Å²) in [6.45, 7) is 4.20. The fourth-order valence-electron chi connectivity index (χ4n) is 3.59. The maximum absolute atomic E-state index is 12.1. The lowest BCUT2D eigenvalue weighted by Crippen LogP contribution is -2.56. The number of benzene rings is 1. The molecule has 1 aromatic carbocycles. The van der Waals surface area contributed by atoms with Crippen LogP contribution in [-0.4, -0.2) is 53.7 Å². The number of fused-ring (bicyclic) bond motifs is 1. The predicted octanol–water partition coefficient (Wildman–Crippen LogP) is 2.17. The van der Waals surface area contributed by atoms with Crippen molar-refractivity contribution in [2.75, 3.05) is 32.8 Å².